The first-order valence-electron chi connectivity index (χ1n) is 13.5. The highest BCUT2D eigenvalue weighted by atomic mass is 15.0. The van der Waals surface area contributed by atoms with E-state index in [4.69, 9.17) is 24.9 Å². The van der Waals surface area contributed by atoms with Crippen molar-refractivity contribution in [1.29, 1.82) is 5.26 Å². The Morgan fingerprint density at radius 2 is 0.905 bits per heavy atom. The number of aromatic nitrogens is 5. The molecular formula is C36H22N6. The third-order valence-electron chi connectivity index (χ3n) is 6.97. The normalized spacial score (nSPS) is 10.8. The second-order valence-electron chi connectivity index (χ2n) is 9.72. The van der Waals surface area contributed by atoms with Crippen LogP contribution in [0.2, 0.25) is 0 Å². The van der Waals surface area contributed by atoms with Gasteiger partial charge in [-0.15, -0.1) is 0 Å². The summed E-state index contributed by atoms with van der Waals surface area (Å²) in [6.45, 7) is 0. The number of hydrogen-bond donors (Lipinski definition) is 0. The van der Waals surface area contributed by atoms with Crippen LogP contribution in [0, 0.1) is 11.3 Å². The standard InChI is InChI=1S/C36H22N6/c37-23-24-18-20-27(21-19-24)33-38-31-17-8-7-16-30(31)32(39-33)28-14-9-15-29(22-28)36-41-34(25-10-3-1-4-11-25)40-35(42-36)26-12-5-2-6-13-26/h1-22H. The fourth-order valence-corrected chi connectivity index (χ4v) is 4.86. The molecule has 0 aliphatic rings. The van der Waals surface area contributed by atoms with Crippen LogP contribution in [0.15, 0.2) is 133 Å². The van der Waals surface area contributed by atoms with Crippen LogP contribution in [0.3, 0.4) is 0 Å². The number of benzene rings is 5. The van der Waals surface area contributed by atoms with Gasteiger partial charge in [-0.2, -0.15) is 5.26 Å². The highest BCUT2D eigenvalue weighted by molar-refractivity contribution is 5.94. The van der Waals surface area contributed by atoms with Gasteiger partial charge in [-0.1, -0.05) is 97.1 Å². The summed E-state index contributed by atoms with van der Waals surface area (Å²) < 4.78 is 0. The zero-order chi connectivity index (χ0) is 28.3. The number of rotatable bonds is 5. The predicted molar refractivity (Wildman–Crippen MR) is 165 cm³/mol. The summed E-state index contributed by atoms with van der Waals surface area (Å²) in [4.78, 5) is 24.5. The monoisotopic (exact) mass is 538 g/mol. The summed E-state index contributed by atoms with van der Waals surface area (Å²) in [5.74, 6) is 2.40. The molecule has 5 aromatic carbocycles. The molecule has 0 atom stereocenters. The quantitative estimate of drug-likeness (QED) is 0.220. The van der Waals surface area contributed by atoms with Crippen LogP contribution >= 0.6 is 0 Å². The first kappa shape index (κ1) is 24.9. The van der Waals surface area contributed by atoms with E-state index in [0.29, 0.717) is 28.9 Å². The Hall–Kier alpha value is -6.06. The second-order valence-corrected chi connectivity index (χ2v) is 9.72. The largest absolute Gasteiger partial charge is 0.228 e. The van der Waals surface area contributed by atoms with E-state index in [-0.39, 0.29) is 0 Å². The number of para-hydroxylation sites is 1. The molecule has 6 nitrogen and oxygen atoms in total. The van der Waals surface area contributed by atoms with Crippen molar-refractivity contribution in [3.63, 3.8) is 0 Å². The van der Waals surface area contributed by atoms with Gasteiger partial charge in [-0.3, -0.25) is 0 Å². The maximum Gasteiger partial charge on any atom is 0.164 e. The average Bonchev–Trinajstić information content (AvgIpc) is 3.08. The lowest BCUT2D eigenvalue weighted by Gasteiger charge is -2.11. The van der Waals surface area contributed by atoms with E-state index in [2.05, 4.69) is 12.1 Å². The summed E-state index contributed by atoms with van der Waals surface area (Å²) >= 11 is 0. The highest BCUT2D eigenvalue weighted by Crippen LogP contribution is 2.32. The second kappa shape index (κ2) is 10.8. The Labute approximate surface area is 242 Å². The van der Waals surface area contributed by atoms with Gasteiger partial charge in [0.05, 0.1) is 22.8 Å². The lowest BCUT2D eigenvalue weighted by atomic mass is 10.0. The van der Waals surface area contributed by atoms with Gasteiger partial charge >= 0.3 is 0 Å². The van der Waals surface area contributed by atoms with Gasteiger partial charge in [-0.05, 0) is 36.4 Å². The van der Waals surface area contributed by atoms with Crippen molar-refractivity contribution in [3.05, 3.63) is 139 Å². The third kappa shape index (κ3) is 4.87. The molecule has 0 spiro atoms. The number of fused-ring (bicyclic) bond motifs is 1. The Morgan fingerprint density at radius 1 is 0.405 bits per heavy atom. The SMILES string of the molecule is N#Cc1ccc(-c2nc(-c3cccc(-c4nc(-c5ccccc5)nc(-c5ccccc5)n4)c3)c3ccccc3n2)cc1. The minimum absolute atomic E-state index is 0.579. The highest BCUT2D eigenvalue weighted by Gasteiger charge is 2.15. The molecule has 196 valence electrons. The lowest BCUT2D eigenvalue weighted by molar-refractivity contribution is 1.07. The molecule has 6 heteroatoms. The molecule has 7 aromatic rings. The molecule has 0 aliphatic carbocycles. The first-order chi connectivity index (χ1) is 20.7. The van der Waals surface area contributed by atoms with Crippen molar-refractivity contribution in [2.45, 2.75) is 0 Å². The Balaban J connectivity index is 1.39. The number of hydrogen-bond acceptors (Lipinski definition) is 6. The van der Waals surface area contributed by atoms with Crippen molar-refractivity contribution >= 4 is 10.9 Å². The summed E-state index contributed by atoms with van der Waals surface area (Å²) in [7, 11) is 0. The molecule has 2 aromatic heterocycles. The molecule has 0 fully saturated rings. The van der Waals surface area contributed by atoms with Crippen LogP contribution in [0.4, 0.5) is 0 Å². The molecule has 0 unspecified atom stereocenters. The predicted octanol–water partition coefficient (Wildman–Crippen LogP) is 8.02. The zero-order valence-corrected chi connectivity index (χ0v) is 22.4. The topological polar surface area (TPSA) is 88.2 Å². The molecule has 0 aliphatic heterocycles. The molecule has 2 heterocycles. The van der Waals surface area contributed by atoms with Crippen LogP contribution in [0.25, 0.3) is 67.7 Å². The van der Waals surface area contributed by atoms with Crippen molar-refractivity contribution < 1.29 is 0 Å². The van der Waals surface area contributed by atoms with Crippen molar-refractivity contribution in [2.75, 3.05) is 0 Å². The van der Waals surface area contributed by atoms with Gasteiger partial charge in [0.15, 0.2) is 23.3 Å². The van der Waals surface area contributed by atoms with Crippen molar-refractivity contribution in [1.82, 2.24) is 24.9 Å². The molecule has 42 heavy (non-hydrogen) atoms. The van der Waals surface area contributed by atoms with Crippen LogP contribution in [-0.2, 0) is 0 Å². The van der Waals surface area contributed by atoms with E-state index in [0.717, 1.165) is 44.4 Å². The van der Waals surface area contributed by atoms with Gasteiger partial charge in [0.1, 0.15) is 0 Å². The minimum atomic E-state index is 0.579. The summed E-state index contributed by atoms with van der Waals surface area (Å²) in [6.07, 6.45) is 0. The number of nitrogens with zero attached hydrogens (tertiary/aromatic N) is 6. The van der Waals surface area contributed by atoms with E-state index in [1.54, 1.807) is 12.1 Å². The summed E-state index contributed by atoms with van der Waals surface area (Å²) in [5, 5.41) is 10.2. The van der Waals surface area contributed by atoms with Gasteiger partial charge < -0.3 is 0 Å². The molecule has 0 N–H and O–H groups in total. The molecular weight excluding hydrogens is 516 g/mol. The smallest absolute Gasteiger partial charge is 0.164 e. The van der Waals surface area contributed by atoms with Crippen LogP contribution in [0.1, 0.15) is 5.56 Å². The Kier molecular flexibility index (Phi) is 6.44. The Morgan fingerprint density at radius 3 is 1.55 bits per heavy atom. The van der Waals surface area contributed by atoms with E-state index < -0.39 is 0 Å². The number of nitriles is 1. The fraction of sp³-hybridized carbons (Fsp3) is 0. The molecule has 0 amide bonds. The van der Waals surface area contributed by atoms with Gasteiger partial charge in [-0.25, -0.2) is 24.9 Å². The van der Waals surface area contributed by atoms with Gasteiger partial charge in [0.25, 0.3) is 0 Å². The van der Waals surface area contributed by atoms with Crippen molar-refractivity contribution in [2.24, 2.45) is 0 Å². The molecule has 0 saturated carbocycles. The summed E-state index contributed by atoms with van der Waals surface area (Å²) in [6, 6.07) is 45.5. The van der Waals surface area contributed by atoms with Gasteiger partial charge in [0, 0.05) is 33.2 Å². The lowest BCUT2D eigenvalue weighted by Crippen LogP contribution is -2.00. The maximum atomic E-state index is 9.22. The van der Waals surface area contributed by atoms with Crippen LogP contribution in [0.5, 0.6) is 0 Å². The fourth-order valence-electron chi connectivity index (χ4n) is 4.86. The molecule has 0 radical (unpaired) electrons. The minimum Gasteiger partial charge on any atom is -0.228 e. The molecule has 7 rings (SSSR count). The first-order valence-corrected chi connectivity index (χ1v) is 13.5. The molecule has 0 saturated heterocycles. The summed E-state index contributed by atoms with van der Waals surface area (Å²) in [5.41, 5.74) is 6.69. The maximum absolute atomic E-state index is 9.22. The van der Waals surface area contributed by atoms with E-state index >= 15 is 0 Å². The van der Waals surface area contributed by atoms with E-state index in [1.165, 1.54) is 0 Å². The van der Waals surface area contributed by atoms with Gasteiger partial charge in [0.2, 0.25) is 0 Å². The van der Waals surface area contributed by atoms with Crippen LogP contribution in [-0.4, -0.2) is 24.9 Å². The zero-order valence-electron chi connectivity index (χ0n) is 22.4. The Bertz CT molecular complexity index is 2030. The van der Waals surface area contributed by atoms with E-state index in [1.807, 2.05) is 115 Å². The third-order valence-corrected chi connectivity index (χ3v) is 6.97. The van der Waals surface area contributed by atoms with Crippen LogP contribution < -0.4 is 0 Å². The van der Waals surface area contributed by atoms with Crippen molar-refractivity contribution in [3.8, 4) is 62.9 Å². The average molecular weight is 539 g/mol. The van der Waals surface area contributed by atoms with E-state index in [9.17, 15) is 5.26 Å². The molecule has 0 bridgehead atoms.